The molecular formula is C19H28N6O3S. The summed E-state index contributed by atoms with van der Waals surface area (Å²) in [6, 6.07) is 0. The maximum absolute atomic E-state index is 12.8. The number of Topliss-reactive ketones (excluding diaryl/α,β-unsaturated/α-hetero) is 1. The summed E-state index contributed by atoms with van der Waals surface area (Å²) in [7, 11) is 0. The summed E-state index contributed by atoms with van der Waals surface area (Å²) in [6.45, 7) is 10.2. The standard InChI is InChI=1S/C19H28N6O3S/c1-12(2)8-25-17(20)16(18(27)22-19(25)28)15(26)10-24-6-4-23(5-7-24)9-14-11-29-13(3)21-14/h11-12H,4-10,20H2,1-3H3,(H,22,27,28). The lowest BCUT2D eigenvalue weighted by Gasteiger charge is -2.33. The van der Waals surface area contributed by atoms with Crippen molar-refractivity contribution in [1.82, 2.24) is 24.3 Å². The average Bonchev–Trinajstić information content (AvgIpc) is 3.05. The zero-order valence-corrected chi connectivity index (χ0v) is 17.9. The molecule has 3 rings (SSSR count). The van der Waals surface area contributed by atoms with Crippen molar-refractivity contribution < 1.29 is 4.79 Å². The first-order chi connectivity index (χ1) is 13.7. The number of nitrogens with one attached hydrogen (secondary N) is 1. The van der Waals surface area contributed by atoms with Crippen LogP contribution in [0.1, 0.15) is 34.9 Å². The van der Waals surface area contributed by atoms with Crippen LogP contribution in [0.15, 0.2) is 15.0 Å². The monoisotopic (exact) mass is 420 g/mol. The Bertz CT molecular complexity index is 985. The number of hydrogen-bond donors (Lipinski definition) is 2. The van der Waals surface area contributed by atoms with E-state index in [1.54, 1.807) is 11.3 Å². The molecule has 0 bridgehead atoms. The Morgan fingerprint density at radius 1 is 1.24 bits per heavy atom. The summed E-state index contributed by atoms with van der Waals surface area (Å²) < 4.78 is 1.27. The minimum absolute atomic E-state index is 0.0463. The van der Waals surface area contributed by atoms with Gasteiger partial charge in [0, 0.05) is 44.6 Å². The molecule has 0 saturated carbocycles. The van der Waals surface area contributed by atoms with Crippen LogP contribution in [-0.4, -0.2) is 62.8 Å². The van der Waals surface area contributed by atoms with E-state index in [0.29, 0.717) is 6.54 Å². The van der Waals surface area contributed by atoms with Gasteiger partial charge in [-0.25, -0.2) is 9.78 Å². The molecule has 1 aliphatic heterocycles. The molecule has 0 aliphatic carbocycles. The summed E-state index contributed by atoms with van der Waals surface area (Å²) in [5, 5.41) is 3.14. The van der Waals surface area contributed by atoms with Crippen molar-refractivity contribution in [2.45, 2.75) is 33.9 Å². The first-order valence-corrected chi connectivity index (χ1v) is 10.6. The molecule has 0 radical (unpaired) electrons. The number of nitrogen functional groups attached to an aromatic ring is 1. The molecule has 0 atom stereocenters. The third-order valence-corrected chi connectivity index (χ3v) is 5.77. The van der Waals surface area contributed by atoms with Crippen molar-refractivity contribution in [1.29, 1.82) is 0 Å². The summed E-state index contributed by atoms with van der Waals surface area (Å²) in [5.74, 6) is -0.252. The van der Waals surface area contributed by atoms with Crippen molar-refractivity contribution in [2.75, 3.05) is 38.5 Å². The number of carbonyl (C=O) groups excluding carboxylic acids is 1. The molecule has 1 fully saturated rings. The van der Waals surface area contributed by atoms with Gasteiger partial charge in [0.15, 0.2) is 5.78 Å². The minimum atomic E-state index is -0.713. The highest BCUT2D eigenvalue weighted by atomic mass is 32.1. The second-order valence-electron chi connectivity index (χ2n) is 7.86. The normalized spacial score (nSPS) is 15.9. The maximum atomic E-state index is 12.8. The molecular weight excluding hydrogens is 392 g/mol. The van der Waals surface area contributed by atoms with E-state index in [1.165, 1.54) is 4.57 Å². The van der Waals surface area contributed by atoms with Crippen LogP contribution < -0.4 is 17.0 Å². The number of aryl methyl sites for hydroxylation is 1. The first-order valence-electron chi connectivity index (χ1n) is 9.76. The van der Waals surface area contributed by atoms with Crippen LogP contribution in [0.4, 0.5) is 5.82 Å². The van der Waals surface area contributed by atoms with Gasteiger partial charge in [-0.1, -0.05) is 13.8 Å². The Morgan fingerprint density at radius 2 is 1.90 bits per heavy atom. The Kier molecular flexibility index (Phi) is 6.66. The number of piperazine rings is 1. The van der Waals surface area contributed by atoms with Crippen LogP contribution in [0.5, 0.6) is 0 Å². The van der Waals surface area contributed by atoms with Crippen molar-refractivity contribution in [3.05, 3.63) is 42.5 Å². The molecule has 29 heavy (non-hydrogen) atoms. The zero-order valence-electron chi connectivity index (χ0n) is 17.1. The summed E-state index contributed by atoms with van der Waals surface area (Å²) in [4.78, 5) is 48.1. The van der Waals surface area contributed by atoms with E-state index in [-0.39, 0.29) is 29.6 Å². The molecule has 9 nitrogen and oxygen atoms in total. The molecule has 2 aromatic heterocycles. The van der Waals surface area contributed by atoms with Crippen molar-refractivity contribution in [3.8, 4) is 0 Å². The minimum Gasteiger partial charge on any atom is -0.384 e. The molecule has 158 valence electrons. The number of H-pyrrole nitrogens is 1. The van der Waals surface area contributed by atoms with E-state index in [1.807, 2.05) is 25.7 Å². The number of carbonyl (C=O) groups is 1. The predicted octanol–water partition coefficient (Wildman–Crippen LogP) is 0.540. The Morgan fingerprint density at radius 3 is 2.48 bits per heavy atom. The number of aromatic amines is 1. The lowest BCUT2D eigenvalue weighted by molar-refractivity contribution is 0.0841. The maximum Gasteiger partial charge on any atom is 0.329 e. The van der Waals surface area contributed by atoms with Gasteiger partial charge in [-0.05, 0) is 12.8 Å². The van der Waals surface area contributed by atoms with Gasteiger partial charge in [-0.3, -0.25) is 28.9 Å². The van der Waals surface area contributed by atoms with Crippen molar-refractivity contribution in [2.24, 2.45) is 5.92 Å². The predicted molar refractivity (Wildman–Crippen MR) is 113 cm³/mol. The van der Waals surface area contributed by atoms with E-state index in [0.717, 1.165) is 43.4 Å². The fraction of sp³-hybridized carbons (Fsp3) is 0.579. The van der Waals surface area contributed by atoms with Gasteiger partial charge in [-0.15, -0.1) is 11.3 Å². The number of ketones is 1. The second kappa shape index (κ2) is 9.02. The number of hydrogen-bond acceptors (Lipinski definition) is 8. The topological polar surface area (TPSA) is 117 Å². The van der Waals surface area contributed by atoms with Gasteiger partial charge in [0.2, 0.25) is 0 Å². The first kappa shape index (κ1) is 21.4. The molecule has 3 N–H and O–H groups in total. The highest BCUT2D eigenvalue weighted by molar-refractivity contribution is 7.09. The molecule has 1 aliphatic rings. The molecule has 0 spiro atoms. The van der Waals surface area contributed by atoms with E-state index in [9.17, 15) is 14.4 Å². The number of nitrogens with two attached hydrogens (primary N) is 1. The van der Waals surface area contributed by atoms with Crippen LogP contribution in [0.25, 0.3) is 0 Å². The van der Waals surface area contributed by atoms with Crippen LogP contribution in [-0.2, 0) is 13.1 Å². The third kappa shape index (κ3) is 5.20. The molecule has 1 saturated heterocycles. The molecule has 10 heteroatoms. The lowest BCUT2D eigenvalue weighted by Crippen LogP contribution is -2.48. The molecule has 0 aromatic carbocycles. The molecule has 3 heterocycles. The fourth-order valence-corrected chi connectivity index (χ4v) is 4.11. The largest absolute Gasteiger partial charge is 0.384 e. The molecule has 2 aromatic rings. The summed E-state index contributed by atoms with van der Waals surface area (Å²) in [5.41, 5.74) is 5.70. The van der Waals surface area contributed by atoms with Crippen LogP contribution in [0.3, 0.4) is 0 Å². The third-order valence-electron chi connectivity index (χ3n) is 4.95. The van der Waals surface area contributed by atoms with E-state index < -0.39 is 11.2 Å². The van der Waals surface area contributed by atoms with Crippen LogP contribution in [0, 0.1) is 12.8 Å². The Labute approximate surface area is 173 Å². The van der Waals surface area contributed by atoms with Crippen LogP contribution in [0.2, 0.25) is 0 Å². The van der Waals surface area contributed by atoms with Gasteiger partial charge in [-0.2, -0.15) is 0 Å². The van der Waals surface area contributed by atoms with Crippen LogP contribution >= 0.6 is 11.3 Å². The average molecular weight is 421 g/mol. The van der Waals surface area contributed by atoms with Gasteiger partial charge in [0.05, 0.1) is 17.2 Å². The second-order valence-corrected chi connectivity index (χ2v) is 8.92. The number of thiazole rings is 1. The number of rotatable bonds is 7. The smallest absolute Gasteiger partial charge is 0.329 e. The Balaban J connectivity index is 1.64. The van der Waals surface area contributed by atoms with Crippen molar-refractivity contribution >= 4 is 22.9 Å². The quantitative estimate of drug-likeness (QED) is 0.628. The van der Waals surface area contributed by atoms with Gasteiger partial charge >= 0.3 is 5.69 Å². The molecule has 0 unspecified atom stereocenters. The number of nitrogens with zero attached hydrogens (tertiary/aromatic N) is 4. The lowest BCUT2D eigenvalue weighted by atomic mass is 10.1. The summed E-state index contributed by atoms with van der Waals surface area (Å²) >= 11 is 1.65. The fourth-order valence-electron chi connectivity index (χ4n) is 3.50. The SMILES string of the molecule is Cc1nc(CN2CCN(CC(=O)c3c(N)n(CC(C)C)c(=O)[nH]c3=O)CC2)cs1. The zero-order chi connectivity index (χ0) is 21.1. The molecule has 0 amide bonds. The van der Waals surface area contributed by atoms with Gasteiger partial charge in [0.25, 0.3) is 5.56 Å². The summed E-state index contributed by atoms with van der Waals surface area (Å²) in [6.07, 6.45) is 0. The number of anilines is 1. The number of aromatic nitrogens is 3. The highest BCUT2D eigenvalue weighted by Gasteiger charge is 2.24. The van der Waals surface area contributed by atoms with Crippen molar-refractivity contribution in [3.63, 3.8) is 0 Å². The van der Waals surface area contributed by atoms with E-state index in [2.05, 4.69) is 20.2 Å². The Hall–Kier alpha value is -2.30. The van der Waals surface area contributed by atoms with Gasteiger partial charge in [0.1, 0.15) is 11.4 Å². The highest BCUT2D eigenvalue weighted by Crippen LogP contribution is 2.13. The van der Waals surface area contributed by atoms with Gasteiger partial charge < -0.3 is 5.73 Å². The van der Waals surface area contributed by atoms with E-state index in [4.69, 9.17) is 5.73 Å². The van der Waals surface area contributed by atoms with E-state index >= 15 is 0 Å².